The first-order chi connectivity index (χ1) is 17.7. The van der Waals surface area contributed by atoms with Crippen LogP contribution in [0.5, 0.6) is 5.75 Å². The number of para-hydroxylation sites is 2. The van der Waals surface area contributed by atoms with E-state index < -0.39 is 42.1 Å². The van der Waals surface area contributed by atoms with E-state index in [1.54, 1.807) is 58.0 Å². The van der Waals surface area contributed by atoms with Gasteiger partial charge in [0.15, 0.2) is 0 Å². The van der Waals surface area contributed by atoms with Crippen molar-refractivity contribution in [1.29, 1.82) is 5.26 Å². The first kappa shape index (κ1) is 30.2. The van der Waals surface area contributed by atoms with E-state index in [0.29, 0.717) is 11.3 Å². The van der Waals surface area contributed by atoms with Gasteiger partial charge in [-0.2, -0.15) is 5.26 Å². The maximum absolute atomic E-state index is 13.9. The van der Waals surface area contributed by atoms with Crippen molar-refractivity contribution in [2.24, 2.45) is 5.92 Å². The van der Waals surface area contributed by atoms with Crippen LogP contribution in [0.1, 0.15) is 63.8 Å². The Morgan fingerprint density at radius 2 is 1.68 bits per heavy atom. The van der Waals surface area contributed by atoms with Crippen LogP contribution in [0.2, 0.25) is 0 Å². The molecule has 0 heterocycles. The van der Waals surface area contributed by atoms with Gasteiger partial charge in [0.2, 0.25) is 5.91 Å². The van der Waals surface area contributed by atoms with E-state index in [2.05, 4.69) is 10.6 Å². The van der Waals surface area contributed by atoms with Crippen molar-refractivity contribution in [1.82, 2.24) is 10.2 Å². The number of carbonyl (C=O) groups excluding carboxylic acids is 3. The van der Waals surface area contributed by atoms with E-state index in [4.69, 9.17) is 4.74 Å². The molecule has 0 aliphatic rings. The molecule has 0 aliphatic heterocycles. The number of ether oxygens (including phenoxy) is 1. The summed E-state index contributed by atoms with van der Waals surface area (Å²) < 4.78 is 5.35. The van der Waals surface area contributed by atoms with Crippen molar-refractivity contribution in [2.75, 3.05) is 11.9 Å². The van der Waals surface area contributed by atoms with Crippen molar-refractivity contribution >= 4 is 23.6 Å². The van der Waals surface area contributed by atoms with Gasteiger partial charge in [0.25, 0.3) is 5.91 Å². The fourth-order valence-electron chi connectivity index (χ4n) is 3.98. The lowest BCUT2D eigenvalue weighted by Gasteiger charge is -2.33. The van der Waals surface area contributed by atoms with Crippen molar-refractivity contribution in [3.05, 3.63) is 59.2 Å². The Kier molecular flexibility index (Phi) is 10.3. The van der Waals surface area contributed by atoms with Crippen LogP contribution in [0.15, 0.2) is 42.5 Å². The number of nitrogens with one attached hydrogen (secondary N) is 2. The molecule has 0 aromatic heterocycles. The van der Waals surface area contributed by atoms with Crippen LogP contribution in [0.25, 0.3) is 0 Å². The van der Waals surface area contributed by atoms with Gasteiger partial charge in [-0.3, -0.25) is 9.59 Å². The molecular weight excluding hydrogens is 484 g/mol. The van der Waals surface area contributed by atoms with E-state index in [9.17, 15) is 24.8 Å². The molecule has 0 saturated carbocycles. The van der Waals surface area contributed by atoms with Gasteiger partial charge in [-0.05, 0) is 64.2 Å². The minimum Gasteiger partial charge on any atom is -0.507 e. The molecule has 0 radical (unpaired) electrons. The molecule has 0 fully saturated rings. The third kappa shape index (κ3) is 8.23. The monoisotopic (exact) mass is 522 g/mol. The number of carbonyl (C=O) groups is 3. The van der Waals surface area contributed by atoms with Crippen LogP contribution >= 0.6 is 0 Å². The number of aryl methyl sites for hydroxylation is 2. The number of aromatic hydroxyl groups is 1. The van der Waals surface area contributed by atoms with E-state index in [0.717, 1.165) is 10.5 Å². The zero-order chi connectivity index (χ0) is 28.6. The van der Waals surface area contributed by atoms with Crippen LogP contribution in [0.4, 0.5) is 10.5 Å². The first-order valence-corrected chi connectivity index (χ1v) is 12.6. The summed E-state index contributed by atoms with van der Waals surface area (Å²) in [6.45, 7) is 12.0. The molecule has 3 amide bonds. The van der Waals surface area contributed by atoms with Gasteiger partial charge in [0, 0.05) is 11.3 Å². The Bertz CT molecular complexity index is 1200. The maximum Gasteiger partial charge on any atom is 0.408 e. The third-order valence-corrected chi connectivity index (χ3v) is 5.75. The summed E-state index contributed by atoms with van der Waals surface area (Å²) in [5, 5.41) is 26.0. The van der Waals surface area contributed by atoms with Crippen molar-refractivity contribution in [3.63, 3.8) is 0 Å². The molecule has 0 aliphatic carbocycles. The highest BCUT2D eigenvalue weighted by Crippen LogP contribution is 2.33. The molecule has 2 atom stereocenters. The number of benzene rings is 2. The van der Waals surface area contributed by atoms with Crippen LogP contribution < -0.4 is 10.6 Å². The van der Waals surface area contributed by atoms with E-state index >= 15 is 0 Å². The van der Waals surface area contributed by atoms with Gasteiger partial charge in [-0.15, -0.1) is 0 Å². The Labute approximate surface area is 224 Å². The Hall–Kier alpha value is -4.06. The normalized spacial score (nSPS) is 12.7. The molecule has 9 nitrogen and oxygen atoms in total. The number of nitriles is 1. The number of hydrogen-bond donors (Lipinski definition) is 3. The van der Waals surface area contributed by atoms with Gasteiger partial charge in [-0.1, -0.05) is 50.2 Å². The molecule has 9 heteroatoms. The number of hydrogen-bond acceptors (Lipinski definition) is 6. The molecule has 0 bridgehead atoms. The average molecular weight is 523 g/mol. The Balaban J connectivity index is 2.58. The minimum absolute atomic E-state index is 0.00515. The lowest BCUT2D eigenvalue weighted by molar-refractivity contribution is -0.140. The molecule has 2 aromatic rings. The first-order valence-electron chi connectivity index (χ1n) is 12.6. The summed E-state index contributed by atoms with van der Waals surface area (Å²) in [5.41, 5.74) is 1.22. The van der Waals surface area contributed by atoms with Crippen LogP contribution in [-0.4, -0.2) is 46.1 Å². The average Bonchev–Trinajstić information content (AvgIpc) is 2.80. The standard InChI is InChI=1S/C29H38N4O5/c1-18(2)17-23(32-28(37)38-29(5,6)7)27(36)33(16-15-30)24(21-13-10-12-20(4)25(21)34)26(35)31-22-14-9-8-11-19(22)3/h8-14,18,23-24,34H,16-17H2,1-7H3,(H,31,35)(H,32,37). The number of phenols is 1. The van der Waals surface area contributed by atoms with Crippen LogP contribution in [0.3, 0.4) is 0 Å². The Morgan fingerprint density at radius 3 is 2.26 bits per heavy atom. The third-order valence-electron chi connectivity index (χ3n) is 5.75. The van der Waals surface area contributed by atoms with Gasteiger partial charge >= 0.3 is 6.09 Å². The van der Waals surface area contributed by atoms with Crippen molar-refractivity contribution < 1.29 is 24.2 Å². The molecule has 38 heavy (non-hydrogen) atoms. The van der Waals surface area contributed by atoms with Crippen LogP contribution in [-0.2, 0) is 14.3 Å². The molecule has 2 rings (SSSR count). The number of alkyl carbamates (subject to hydrolysis) is 1. The second kappa shape index (κ2) is 13.0. The molecule has 0 spiro atoms. The molecule has 204 valence electrons. The fourth-order valence-corrected chi connectivity index (χ4v) is 3.98. The molecule has 2 unspecified atom stereocenters. The number of amides is 3. The molecule has 0 saturated heterocycles. The maximum atomic E-state index is 13.9. The highest BCUT2D eigenvalue weighted by Gasteiger charge is 2.38. The summed E-state index contributed by atoms with van der Waals surface area (Å²) >= 11 is 0. The highest BCUT2D eigenvalue weighted by molar-refractivity contribution is 6.00. The smallest absolute Gasteiger partial charge is 0.408 e. The summed E-state index contributed by atoms with van der Waals surface area (Å²) in [6.07, 6.45) is -0.543. The molecule has 2 aromatic carbocycles. The fraction of sp³-hybridized carbons (Fsp3) is 0.448. The molecule has 3 N–H and O–H groups in total. The topological polar surface area (TPSA) is 132 Å². The quantitative estimate of drug-likeness (QED) is 0.398. The predicted molar refractivity (Wildman–Crippen MR) is 145 cm³/mol. The van der Waals surface area contributed by atoms with Gasteiger partial charge in [-0.25, -0.2) is 4.79 Å². The lowest BCUT2D eigenvalue weighted by Crippen LogP contribution is -2.53. The molecular formula is C29H38N4O5. The van der Waals surface area contributed by atoms with E-state index in [1.807, 2.05) is 39.0 Å². The van der Waals surface area contributed by atoms with Gasteiger partial charge < -0.3 is 25.4 Å². The lowest BCUT2D eigenvalue weighted by atomic mass is 9.97. The summed E-state index contributed by atoms with van der Waals surface area (Å²) in [4.78, 5) is 41.4. The second-order valence-electron chi connectivity index (χ2n) is 10.7. The number of nitrogens with zero attached hydrogens (tertiary/aromatic N) is 2. The number of rotatable bonds is 9. The predicted octanol–water partition coefficient (Wildman–Crippen LogP) is 4.98. The highest BCUT2D eigenvalue weighted by atomic mass is 16.6. The van der Waals surface area contributed by atoms with Crippen LogP contribution in [0, 0.1) is 31.1 Å². The second-order valence-corrected chi connectivity index (χ2v) is 10.7. The number of phenolic OH excluding ortho intramolecular Hbond substituents is 1. The zero-order valence-corrected chi connectivity index (χ0v) is 23.2. The zero-order valence-electron chi connectivity index (χ0n) is 23.2. The summed E-state index contributed by atoms with van der Waals surface area (Å²) in [6, 6.07) is 11.6. The SMILES string of the molecule is Cc1ccccc1NC(=O)C(c1cccc(C)c1O)N(CC#N)C(=O)C(CC(C)C)NC(=O)OC(C)(C)C. The van der Waals surface area contributed by atoms with Crippen molar-refractivity contribution in [2.45, 2.75) is 72.6 Å². The minimum atomic E-state index is -1.35. The summed E-state index contributed by atoms with van der Waals surface area (Å²) in [7, 11) is 0. The van der Waals surface area contributed by atoms with Gasteiger partial charge in [0.1, 0.15) is 30.0 Å². The summed E-state index contributed by atoms with van der Waals surface area (Å²) in [5.74, 6) is -1.41. The van der Waals surface area contributed by atoms with Crippen molar-refractivity contribution in [3.8, 4) is 11.8 Å². The Morgan fingerprint density at radius 1 is 1.05 bits per heavy atom. The van der Waals surface area contributed by atoms with Gasteiger partial charge in [0.05, 0.1) is 6.07 Å². The van der Waals surface area contributed by atoms with E-state index in [-0.39, 0.29) is 23.7 Å². The number of anilines is 1. The largest absolute Gasteiger partial charge is 0.507 e. The van der Waals surface area contributed by atoms with E-state index in [1.165, 1.54) is 0 Å².